The van der Waals surface area contributed by atoms with Crippen molar-refractivity contribution in [1.82, 2.24) is 10.6 Å². The van der Waals surface area contributed by atoms with E-state index < -0.39 is 0 Å². The third-order valence-electron chi connectivity index (χ3n) is 8.95. The quantitative estimate of drug-likeness (QED) is 0.238. The highest BCUT2D eigenvalue weighted by Crippen LogP contribution is 2.42. The molecule has 2 saturated carbocycles. The molecular formula is C29H58N2. The first-order valence-corrected chi connectivity index (χ1v) is 14.7. The molecule has 0 radical (unpaired) electrons. The van der Waals surface area contributed by atoms with E-state index in [1.807, 2.05) is 0 Å². The maximum atomic E-state index is 4.36. The molecule has 2 unspecified atom stereocenters. The summed E-state index contributed by atoms with van der Waals surface area (Å²) in [6.07, 6.45) is 25.4. The van der Waals surface area contributed by atoms with Gasteiger partial charge in [-0.1, -0.05) is 105 Å². The molecule has 0 spiro atoms. The van der Waals surface area contributed by atoms with Gasteiger partial charge in [-0.15, -0.1) is 0 Å². The number of rotatable bonds is 16. The van der Waals surface area contributed by atoms with E-state index in [4.69, 9.17) is 0 Å². The fraction of sp³-hybridized carbons (Fsp3) is 1.00. The van der Waals surface area contributed by atoms with E-state index in [1.54, 1.807) is 0 Å². The van der Waals surface area contributed by atoms with Gasteiger partial charge in [0.2, 0.25) is 0 Å². The summed E-state index contributed by atoms with van der Waals surface area (Å²) in [5, 5.41) is 8.71. The van der Waals surface area contributed by atoms with E-state index in [2.05, 4.69) is 38.3 Å². The van der Waals surface area contributed by atoms with Crippen molar-refractivity contribution in [3.63, 3.8) is 0 Å². The summed E-state index contributed by atoms with van der Waals surface area (Å²) >= 11 is 0. The Bertz CT molecular complexity index is 382. The third-order valence-corrected chi connectivity index (χ3v) is 8.95. The third kappa shape index (κ3) is 8.65. The van der Waals surface area contributed by atoms with Crippen LogP contribution in [0, 0.1) is 23.7 Å². The molecule has 2 rings (SSSR count). The highest BCUT2D eigenvalue weighted by Gasteiger charge is 2.45. The lowest BCUT2D eigenvalue weighted by Gasteiger charge is -2.51. The zero-order valence-electron chi connectivity index (χ0n) is 22.0. The largest absolute Gasteiger partial charge is 0.299 e. The monoisotopic (exact) mass is 434 g/mol. The van der Waals surface area contributed by atoms with Crippen LogP contribution < -0.4 is 10.6 Å². The first-order valence-electron chi connectivity index (χ1n) is 14.7. The molecule has 0 amide bonds. The molecule has 2 atom stereocenters. The van der Waals surface area contributed by atoms with Gasteiger partial charge in [0, 0.05) is 0 Å². The number of hydrogen-bond acceptors (Lipinski definition) is 2. The van der Waals surface area contributed by atoms with Gasteiger partial charge < -0.3 is 0 Å². The molecule has 2 N–H and O–H groups in total. The van der Waals surface area contributed by atoms with Gasteiger partial charge in [-0.05, 0) is 75.3 Å². The van der Waals surface area contributed by atoms with Gasteiger partial charge in [0.25, 0.3) is 0 Å². The minimum absolute atomic E-state index is 0.195. The van der Waals surface area contributed by atoms with Crippen LogP contribution >= 0.6 is 0 Å². The molecule has 0 aromatic heterocycles. The van der Waals surface area contributed by atoms with Gasteiger partial charge in [-0.2, -0.15) is 0 Å². The summed E-state index contributed by atoms with van der Waals surface area (Å²) in [5.74, 6) is 3.35. The first kappa shape index (κ1) is 27.2. The molecule has 0 aliphatic heterocycles. The van der Waals surface area contributed by atoms with Crippen molar-refractivity contribution < 1.29 is 0 Å². The maximum Gasteiger partial charge on any atom is 0.0745 e. The normalized spacial score (nSPS) is 21.3. The molecule has 0 heterocycles. The Morgan fingerprint density at radius 2 is 1.00 bits per heavy atom. The molecule has 0 aromatic rings. The Balaban J connectivity index is 2.20. The van der Waals surface area contributed by atoms with Crippen LogP contribution in [-0.2, 0) is 0 Å². The molecule has 2 aliphatic carbocycles. The van der Waals surface area contributed by atoms with Gasteiger partial charge in [-0.25, -0.2) is 0 Å². The van der Waals surface area contributed by atoms with Gasteiger partial charge in [0.15, 0.2) is 0 Å². The Morgan fingerprint density at radius 3 is 1.32 bits per heavy atom. The van der Waals surface area contributed by atoms with Crippen molar-refractivity contribution >= 4 is 0 Å². The van der Waals surface area contributed by atoms with Crippen molar-refractivity contribution in [2.24, 2.45) is 23.7 Å². The predicted molar refractivity (Wildman–Crippen MR) is 138 cm³/mol. The maximum absolute atomic E-state index is 4.36. The van der Waals surface area contributed by atoms with Gasteiger partial charge in [0.1, 0.15) is 0 Å². The molecule has 0 aromatic carbocycles. The minimum Gasteiger partial charge on any atom is -0.299 e. The average molecular weight is 435 g/mol. The van der Waals surface area contributed by atoms with Gasteiger partial charge in [-0.3, -0.25) is 10.6 Å². The van der Waals surface area contributed by atoms with E-state index >= 15 is 0 Å². The van der Waals surface area contributed by atoms with E-state index in [1.165, 1.54) is 129 Å². The van der Waals surface area contributed by atoms with Crippen molar-refractivity contribution in [3.8, 4) is 0 Å². The molecule has 0 saturated heterocycles. The average Bonchev–Trinajstić information content (AvgIpc) is 2.84. The van der Waals surface area contributed by atoms with Crippen molar-refractivity contribution in [2.75, 3.05) is 13.1 Å². The summed E-state index contributed by atoms with van der Waals surface area (Å²) in [7, 11) is 0. The fourth-order valence-electron chi connectivity index (χ4n) is 6.60. The standard InChI is InChI=1S/C29H58N2/c1-5-9-17-25(7-3)23-30-29(27-19-13-11-14-20-27,28-21-15-12-16-22-28)31-24-26(8-4)18-10-6-2/h25-28,30-31H,5-24H2,1-4H3. The molecule has 2 fully saturated rings. The summed E-state index contributed by atoms with van der Waals surface area (Å²) in [6, 6.07) is 0. The van der Waals surface area contributed by atoms with Gasteiger partial charge >= 0.3 is 0 Å². The molecule has 2 heteroatoms. The molecule has 31 heavy (non-hydrogen) atoms. The smallest absolute Gasteiger partial charge is 0.0745 e. The molecule has 0 bridgehead atoms. The number of nitrogens with one attached hydrogen (secondary N) is 2. The Morgan fingerprint density at radius 1 is 0.613 bits per heavy atom. The molecule has 2 nitrogen and oxygen atoms in total. The second-order valence-corrected chi connectivity index (χ2v) is 11.1. The Kier molecular flexibility index (Phi) is 13.8. The van der Waals surface area contributed by atoms with E-state index in [0.29, 0.717) is 0 Å². The van der Waals surface area contributed by atoms with E-state index in [9.17, 15) is 0 Å². The highest BCUT2D eigenvalue weighted by atomic mass is 15.2. The summed E-state index contributed by atoms with van der Waals surface area (Å²) in [4.78, 5) is 0. The lowest BCUT2D eigenvalue weighted by atomic mass is 9.68. The van der Waals surface area contributed by atoms with E-state index in [-0.39, 0.29) is 5.66 Å². The zero-order chi connectivity index (χ0) is 22.4. The Hall–Kier alpha value is -0.0800. The number of hydrogen-bond donors (Lipinski definition) is 2. The lowest BCUT2D eigenvalue weighted by Crippen LogP contribution is -2.68. The zero-order valence-corrected chi connectivity index (χ0v) is 22.0. The van der Waals surface area contributed by atoms with Crippen LogP contribution in [0.15, 0.2) is 0 Å². The van der Waals surface area contributed by atoms with Crippen LogP contribution in [0.2, 0.25) is 0 Å². The first-order chi connectivity index (χ1) is 15.2. The predicted octanol–water partition coefficient (Wildman–Crippen LogP) is 8.46. The minimum atomic E-state index is 0.195. The van der Waals surface area contributed by atoms with Crippen LogP contribution in [0.5, 0.6) is 0 Å². The lowest BCUT2D eigenvalue weighted by molar-refractivity contribution is 0.0286. The van der Waals surface area contributed by atoms with Crippen LogP contribution in [0.25, 0.3) is 0 Å². The SMILES string of the molecule is CCCCC(CC)CNC(NCC(CC)CCCC)(C1CCCCC1)C1CCCCC1. The second kappa shape index (κ2) is 15.7. The second-order valence-electron chi connectivity index (χ2n) is 11.1. The molecule has 2 aliphatic rings. The van der Waals surface area contributed by atoms with Crippen molar-refractivity contribution in [1.29, 1.82) is 0 Å². The van der Waals surface area contributed by atoms with Crippen molar-refractivity contribution in [2.45, 2.75) is 149 Å². The molecular weight excluding hydrogens is 376 g/mol. The van der Waals surface area contributed by atoms with Crippen LogP contribution in [0.1, 0.15) is 143 Å². The van der Waals surface area contributed by atoms with Crippen molar-refractivity contribution in [3.05, 3.63) is 0 Å². The van der Waals surface area contributed by atoms with E-state index in [0.717, 1.165) is 23.7 Å². The molecule has 184 valence electrons. The summed E-state index contributed by atoms with van der Waals surface area (Å²) in [5.41, 5.74) is 0.195. The van der Waals surface area contributed by atoms with Crippen LogP contribution in [0.4, 0.5) is 0 Å². The summed E-state index contributed by atoms with van der Waals surface area (Å²) < 4.78 is 0. The number of unbranched alkanes of at least 4 members (excludes halogenated alkanes) is 2. The van der Waals surface area contributed by atoms with Crippen LogP contribution in [0.3, 0.4) is 0 Å². The Labute approximate surface area is 196 Å². The van der Waals surface area contributed by atoms with Gasteiger partial charge in [0.05, 0.1) is 5.66 Å². The summed E-state index contributed by atoms with van der Waals surface area (Å²) in [6.45, 7) is 12.0. The topological polar surface area (TPSA) is 24.1 Å². The highest BCUT2D eigenvalue weighted by molar-refractivity contribution is 5.00. The fourth-order valence-corrected chi connectivity index (χ4v) is 6.60. The van der Waals surface area contributed by atoms with Crippen LogP contribution in [-0.4, -0.2) is 18.8 Å².